The molecule has 1 amide bonds. The van der Waals surface area contributed by atoms with Gasteiger partial charge in [0.25, 0.3) is 0 Å². The second-order valence-corrected chi connectivity index (χ2v) is 3.72. The van der Waals surface area contributed by atoms with Gasteiger partial charge in [0.15, 0.2) is 0 Å². The van der Waals surface area contributed by atoms with Crippen molar-refractivity contribution in [3.05, 3.63) is 36.5 Å². The van der Waals surface area contributed by atoms with Crippen LogP contribution in [0, 0.1) is 0 Å². The maximum Gasteiger partial charge on any atom is 0.397 e. The van der Waals surface area contributed by atoms with Crippen LogP contribution in [0.2, 0.25) is 0 Å². The van der Waals surface area contributed by atoms with E-state index in [1.807, 2.05) is 18.2 Å². The summed E-state index contributed by atoms with van der Waals surface area (Å²) in [7, 11) is 0. The van der Waals surface area contributed by atoms with Crippen molar-refractivity contribution in [2.45, 2.75) is 6.92 Å². The lowest BCUT2D eigenvalue weighted by molar-refractivity contribution is -0.152. The molecule has 0 aliphatic heterocycles. The number of anilines is 1. The third-order valence-corrected chi connectivity index (χ3v) is 2.42. The number of nitrogens with one attached hydrogen (secondary N) is 2. The Labute approximate surface area is 109 Å². The molecule has 19 heavy (non-hydrogen) atoms. The third-order valence-electron chi connectivity index (χ3n) is 2.42. The van der Waals surface area contributed by atoms with E-state index >= 15 is 0 Å². The van der Waals surface area contributed by atoms with Gasteiger partial charge in [-0.2, -0.15) is 5.10 Å². The molecule has 0 aliphatic rings. The molecule has 0 spiro atoms. The molecule has 2 N–H and O–H groups in total. The third kappa shape index (κ3) is 3.19. The SMILES string of the molecule is CCOC(=O)C(=O)Nc1ccc(-c2ccn[nH]2)cc1. The smallest absolute Gasteiger partial charge is 0.397 e. The number of ether oxygens (including phenoxy) is 1. The number of benzene rings is 1. The largest absolute Gasteiger partial charge is 0.459 e. The second-order valence-electron chi connectivity index (χ2n) is 3.72. The molecule has 0 fully saturated rings. The van der Waals surface area contributed by atoms with Gasteiger partial charge >= 0.3 is 11.9 Å². The fourth-order valence-corrected chi connectivity index (χ4v) is 1.53. The van der Waals surface area contributed by atoms with Crippen molar-refractivity contribution in [1.29, 1.82) is 0 Å². The van der Waals surface area contributed by atoms with Crippen molar-refractivity contribution in [2.75, 3.05) is 11.9 Å². The van der Waals surface area contributed by atoms with Gasteiger partial charge in [-0.3, -0.25) is 9.89 Å². The average molecular weight is 259 g/mol. The molecular weight excluding hydrogens is 246 g/mol. The number of hydrogen-bond donors (Lipinski definition) is 2. The predicted molar refractivity (Wildman–Crippen MR) is 69.3 cm³/mol. The lowest BCUT2D eigenvalue weighted by Crippen LogP contribution is -2.24. The van der Waals surface area contributed by atoms with E-state index in [1.54, 1.807) is 25.3 Å². The number of esters is 1. The molecule has 0 saturated heterocycles. The Hall–Kier alpha value is -2.63. The number of carbonyl (C=O) groups excluding carboxylic acids is 2. The Bertz CT molecular complexity index is 561. The number of carbonyl (C=O) groups is 2. The Balaban J connectivity index is 2.03. The summed E-state index contributed by atoms with van der Waals surface area (Å²) in [5, 5.41) is 9.15. The highest BCUT2D eigenvalue weighted by molar-refractivity contribution is 6.37. The molecule has 2 aromatic rings. The zero-order valence-electron chi connectivity index (χ0n) is 10.3. The Morgan fingerprint density at radius 2 is 2.00 bits per heavy atom. The molecule has 6 heteroatoms. The number of hydrogen-bond acceptors (Lipinski definition) is 4. The van der Waals surface area contributed by atoms with Gasteiger partial charge in [-0.15, -0.1) is 0 Å². The molecule has 1 aromatic carbocycles. The van der Waals surface area contributed by atoms with E-state index in [1.165, 1.54) is 0 Å². The first-order valence-corrected chi connectivity index (χ1v) is 5.78. The minimum atomic E-state index is -0.889. The molecule has 0 bridgehead atoms. The summed E-state index contributed by atoms with van der Waals surface area (Å²) < 4.78 is 4.59. The van der Waals surface area contributed by atoms with Crippen LogP contribution in [0.15, 0.2) is 36.5 Å². The lowest BCUT2D eigenvalue weighted by atomic mass is 10.1. The van der Waals surface area contributed by atoms with Crippen LogP contribution in [0.5, 0.6) is 0 Å². The maximum absolute atomic E-state index is 11.4. The van der Waals surface area contributed by atoms with Crippen molar-refractivity contribution in [3.8, 4) is 11.3 Å². The van der Waals surface area contributed by atoms with E-state index in [0.717, 1.165) is 11.3 Å². The van der Waals surface area contributed by atoms with E-state index < -0.39 is 11.9 Å². The predicted octanol–water partition coefficient (Wildman–Crippen LogP) is 1.58. The summed E-state index contributed by atoms with van der Waals surface area (Å²) in [6.07, 6.45) is 1.66. The quantitative estimate of drug-likeness (QED) is 0.647. The molecule has 1 heterocycles. The van der Waals surface area contributed by atoms with Crippen LogP contribution in [0.3, 0.4) is 0 Å². The Morgan fingerprint density at radius 3 is 2.58 bits per heavy atom. The minimum Gasteiger partial charge on any atom is -0.459 e. The molecule has 0 radical (unpaired) electrons. The van der Waals surface area contributed by atoms with E-state index in [9.17, 15) is 9.59 Å². The van der Waals surface area contributed by atoms with E-state index in [2.05, 4.69) is 20.3 Å². The van der Waals surface area contributed by atoms with Crippen LogP contribution in [-0.4, -0.2) is 28.7 Å². The molecule has 98 valence electrons. The molecule has 0 saturated carbocycles. The first kappa shape index (κ1) is 12.8. The fourth-order valence-electron chi connectivity index (χ4n) is 1.53. The molecule has 0 unspecified atom stereocenters. The van der Waals surface area contributed by atoms with Crippen LogP contribution in [0.4, 0.5) is 5.69 Å². The van der Waals surface area contributed by atoms with Gasteiger partial charge in [0.1, 0.15) is 0 Å². The second kappa shape index (κ2) is 5.81. The first-order valence-electron chi connectivity index (χ1n) is 5.78. The van der Waals surface area contributed by atoms with Crippen LogP contribution in [0.1, 0.15) is 6.92 Å². The van der Waals surface area contributed by atoms with E-state index in [-0.39, 0.29) is 6.61 Å². The molecule has 0 atom stereocenters. The number of H-pyrrole nitrogens is 1. The Kier molecular flexibility index (Phi) is 3.92. The normalized spacial score (nSPS) is 9.95. The number of amides is 1. The molecule has 6 nitrogen and oxygen atoms in total. The summed E-state index contributed by atoms with van der Waals surface area (Å²) in [6.45, 7) is 1.81. The zero-order chi connectivity index (χ0) is 13.7. The van der Waals surface area contributed by atoms with E-state index in [0.29, 0.717) is 5.69 Å². The highest BCUT2D eigenvalue weighted by Crippen LogP contribution is 2.18. The van der Waals surface area contributed by atoms with Gasteiger partial charge in [0.05, 0.1) is 12.3 Å². The molecule has 1 aromatic heterocycles. The van der Waals surface area contributed by atoms with Crippen molar-refractivity contribution in [2.24, 2.45) is 0 Å². The van der Waals surface area contributed by atoms with Gasteiger partial charge < -0.3 is 10.1 Å². The zero-order valence-corrected chi connectivity index (χ0v) is 10.3. The fraction of sp³-hybridized carbons (Fsp3) is 0.154. The van der Waals surface area contributed by atoms with Crippen molar-refractivity contribution >= 4 is 17.6 Å². The van der Waals surface area contributed by atoms with Crippen molar-refractivity contribution < 1.29 is 14.3 Å². The van der Waals surface area contributed by atoms with Crippen LogP contribution >= 0.6 is 0 Å². The van der Waals surface area contributed by atoms with Crippen LogP contribution in [0.25, 0.3) is 11.3 Å². The number of aromatic nitrogens is 2. The van der Waals surface area contributed by atoms with E-state index in [4.69, 9.17) is 0 Å². The van der Waals surface area contributed by atoms with Crippen LogP contribution in [-0.2, 0) is 14.3 Å². The number of nitrogens with zero attached hydrogens (tertiary/aromatic N) is 1. The summed E-state index contributed by atoms with van der Waals surface area (Å²) >= 11 is 0. The van der Waals surface area contributed by atoms with Gasteiger partial charge in [0.2, 0.25) is 0 Å². The van der Waals surface area contributed by atoms with Gasteiger partial charge in [-0.25, -0.2) is 4.79 Å². The van der Waals surface area contributed by atoms with Gasteiger partial charge in [-0.1, -0.05) is 12.1 Å². The summed E-state index contributed by atoms with van der Waals surface area (Å²) in [5.74, 6) is -1.67. The molecule has 0 aliphatic carbocycles. The highest BCUT2D eigenvalue weighted by Gasteiger charge is 2.14. The average Bonchev–Trinajstić information content (AvgIpc) is 2.94. The number of rotatable bonds is 3. The summed E-state index contributed by atoms with van der Waals surface area (Å²) in [6, 6.07) is 8.87. The molecular formula is C13H13N3O3. The summed E-state index contributed by atoms with van der Waals surface area (Å²) in [5.41, 5.74) is 2.34. The first-order chi connectivity index (χ1) is 9.20. The summed E-state index contributed by atoms with van der Waals surface area (Å²) in [4.78, 5) is 22.6. The number of aromatic amines is 1. The maximum atomic E-state index is 11.4. The Morgan fingerprint density at radius 1 is 1.26 bits per heavy atom. The van der Waals surface area contributed by atoms with Crippen molar-refractivity contribution in [1.82, 2.24) is 10.2 Å². The highest BCUT2D eigenvalue weighted by atomic mass is 16.5. The van der Waals surface area contributed by atoms with Gasteiger partial charge in [-0.05, 0) is 30.7 Å². The topological polar surface area (TPSA) is 84.1 Å². The lowest BCUT2D eigenvalue weighted by Gasteiger charge is -2.05. The van der Waals surface area contributed by atoms with Crippen LogP contribution < -0.4 is 5.32 Å². The molecule has 2 rings (SSSR count). The monoisotopic (exact) mass is 259 g/mol. The minimum absolute atomic E-state index is 0.172. The van der Waals surface area contributed by atoms with Gasteiger partial charge in [0, 0.05) is 11.9 Å². The van der Waals surface area contributed by atoms with Crippen molar-refractivity contribution in [3.63, 3.8) is 0 Å². The standard InChI is InChI=1S/C13H13N3O3/c1-2-19-13(18)12(17)15-10-5-3-9(4-6-10)11-7-8-14-16-11/h3-8H,2H2,1H3,(H,14,16)(H,15,17).